The highest BCUT2D eigenvalue weighted by Gasteiger charge is 2.36. The molecule has 27 heavy (non-hydrogen) atoms. The van der Waals surface area contributed by atoms with Crippen LogP contribution in [0.3, 0.4) is 0 Å². The summed E-state index contributed by atoms with van der Waals surface area (Å²) in [6.45, 7) is 6.32. The molecule has 1 aliphatic heterocycles. The predicted molar refractivity (Wildman–Crippen MR) is 96.5 cm³/mol. The van der Waals surface area contributed by atoms with Gasteiger partial charge < -0.3 is 19.9 Å². The van der Waals surface area contributed by atoms with Crippen molar-refractivity contribution in [1.29, 1.82) is 5.26 Å². The SMILES string of the molecule is C=C(C)C(=O)OCCOC(=O)C1=C(C)OC(N)=C(C#N)[C@@H]1c1ccccc1. The first kappa shape index (κ1) is 19.8. The lowest BCUT2D eigenvalue weighted by molar-refractivity contribution is -0.147. The molecule has 0 spiro atoms. The second-order valence-corrected chi connectivity index (χ2v) is 5.86. The highest BCUT2D eigenvalue weighted by molar-refractivity contribution is 5.92. The van der Waals surface area contributed by atoms with E-state index in [2.05, 4.69) is 6.58 Å². The Bertz CT molecular complexity index is 862. The molecule has 7 heteroatoms. The number of nitriles is 1. The molecule has 2 N–H and O–H groups in total. The van der Waals surface area contributed by atoms with E-state index in [0.717, 1.165) is 0 Å². The fourth-order valence-corrected chi connectivity index (χ4v) is 2.59. The number of benzene rings is 1. The van der Waals surface area contributed by atoms with Gasteiger partial charge in [-0.2, -0.15) is 5.26 Å². The van der Waals surface area contributed by atoms with E-state index in [1.807, 2.05) is 12.1 Å². The molecule has 0 amide bonds. The van der Waals surface area contributed by atoms with Crippen LogP contribution in [-0.2, 0) is 23.8 Å². The second-order valence-electron chi connectivity index (χ2n) is 5.86. The van der Waals surface area contributed by atoms with E-state index in [1.54, 1.807) is 31.2 Å². The molecule has 1 aromatic rings. The van der Waals surface area contributed by atoms with E-state index in [9.17, 15) is 14.9 Å². The minimum Gasteiger partial charge on any atom is -0.459 e. The zero-order valence-electron chi connectivity index (χ0n) is 15.2. The molecule has 1 aromatic carbocycles. The van der Waals surface area contributed by atoms with Crippen molar-refractivity contribution in [1.82, 2.24) is 0 Å². The first-order valence-electron chi connectivity index (χ1n) is 8.19. The van der Waals surface area contributed by atoms with Crippen LogP contribution >= 0.6 is 0 Å². The predicted octanol–water partition coefficient (Wildman–Crippen LogP) is 2.43. The number of esters is 2. The van der Waals surface area contributed by atoms with Crippen LogP contribution in [0.25, 0.3) is 0 Å². The van der Waals surface area contributed by atoms with Gasteiger partial charge >= 0.3 is 11.9 Å². The van der Waals surface area contributed by atoms with E-state index in [4.69, 9.17) is 19.9 Å². The van der Waals surface area contributed by atoms with Crippen molar-refractivity contribution >= 4 is 11.9 Å². The summed E-state index contributed by atoms with van der Waals surface area (Å²) in [4.78, 5) is 24.0. The lowest BCUT2D eigenvalue weighted by Gasteiger charge is -2.26. The van der Waals surface area contributed by atoms with Gasteiger partial charge in [0.15, 0.2) is 0 Å². The van der Waals surface area contributed by atoms with Crippen molar-refractivity contribution in [3.8, 4) is 6.07 Å². The molecule has 0 bridgehead atoms. The number of nitrogens with zero attached hydrogens (tertiary/aromatic N) is 1. The summed E-state index contributed by atoms with van der Waals surface area (Å²) in [6.07, 6.45) is 0. The molecule has 0 saturated heterocycles. The Morgan fingerprint density at radius 3 is 2.48 bits per heavy atom. The number of allylic oxidation sites excluding steroid dienone is 2. The van der Waals surface area contributed by atoms with Crippen LogP contribution in [0.5, 0.6) is 0 Å². The summed E-state index contributed by atoms with van der Waals surface area (Å²) < 4.78 is 15.5. The quantitative estimate of drug-likeness (QED) is 0.466. The molecular formula is C20H20N2O5. The number of nitrogens with two attached hydrogens (primary N) is 1. The van der Waals surface area contributed by atoms with Gasteiger partial charge in [0.05, 0.1) is 11.5 Å². The zero-order valence-corrected chi connectivity index (χ0v) is 15.2. The van der Waals surface area contributed by atoms with Crippen LogP contribution < -0.4 is 5.73 Å². The van der Waals surface area contributed by atoms with E-state index in [1.165, 1.54) is 6.92 Å². The molecule has 2 rings (SSSR count). The van der Waals surface area contributed by atoms with Crippen molar-refractivity contribution in [2.24, 2.45) is 5.73 Å². The fourth-order valence-electron chi connectivity index (χ4n) is 2.59. The molecule has 140 valence electrons. The van der Waals surface area contributed by atoms with Crippen LogP contribution in [0, 0.1) is 11.3 Å². The first-order chi connectivity index (χ1) is 12.9. The highest BCUT2D eigenvalue weighted by Crippen LogP contribution is 2.39. The Morgan fingerprint density at radius 2 is 1.89 bits per heavy atom. The van der Waals surface area contributed by atoms with Gasteiger partial charge in [0.25, 0.3) is 0 Å². The normalized spacial score (nSPS) is 16.3. The minimum absolute atomic E-state index is 0.0456. The van der Waals surface area contributed by atoms with E-state index in [-0.39, 0.29) is 41.6 Å². The minimum atomic E-state index is -0.699. The number of ether oxygens (including phenoxy) is 3. The maximum absolute atomic E-state index is 12.6. The van der Waals surface area contributed by atoms with E-state index < -0.39 is 17.9 Å². The second kappa shape index (κ2) is 8.72. The lowest BCUT2D eigenvalue weighted by atomic mass is 9.83. The third kappa shape index (κ3) is 4.55. The van der Waals surface area contributed by atoms with Crippen LogP contribution in [-0.4, -0.2) is 25.2 Å². The van der Waals surface area contributed by atoms with E-state index >= 15 is 0 Å². The van der Waals surface area contributed by atoms with Crippen molar-refractivity contribution in [3.63, 3.8) is 0 Å². The average molecular weight is 368 g/mol. The monoisotopic (exact) mass is 368 g/mol. The fraction of sp³-hybridized carbons (Fsp3) is 0.250. The number of hydrogen-bond donors (Lipinski definition) is 1. The van der Waals surface area contributed by atoms with Gasteiger partial charge in [-0.1, -0.05) is 36.9 Å². The molecule has 1 heterocycles. The summed E-state index contributed by atoms with van der Waals surface area (Å²) in [5.74, 6) is -1.73. The maximum atomic E-state index is 12.6. The average Bonchev–Trinajstić information content (AvgIpc) is 2.64. The van der Waals surface area contributed by atoms with Gasteiger partial charge in [0.1, 0.15) is 30.6 Å². The van der Waals surface area contributed by atoms with Gasteiger partial charge in [0, 0.05) is 5.57 Å². The number of hydrogen-bond acceptors (Lipinski definition) is 7. The van der Waals surface area contributed by atoms with Crippen molar-refractivity contribution < 1.29 is 23.8 Å². The summed E-state index contributed by atoms with van der Waals surface area (Å²) in [7, 11) is 0. The van der Waals surface area contributed by atoms with E-state index in [0.29, 0.717) is 5.56 Å². The van der Waals surface area contributed by atoms with Crippen molar-refractivity contribution in [2.45, 2.75) is 19.8 Å². The Labute approximate surface area is 157 Å². The molecule has 7 nitrogen and oxygen atoms in total. The molecule has 0 aromatic heterocycles. The smallest absolute Gasteiger partial charge is 0.338 e. The van der Waals surface area contributed by atoms with Crippen molar-refractivity contribution in [2.75, 3.05) is 13.2 Å². The molecule has 1 atom stereocenters. The maximum Gasteiger partial charge on any atom is 0.338 e. The molecular weight excluding hydrogens is 348 g/mol. The Balaban J connectivity index is 2.20. The zero-order chi connectivity index (χ0) is 20.0. The third-order valence-electron chi connectivity index (χ3n) is 3.86. The Kier molecular flexibility index (Phi) is 6.39. The highest BCUT2D eigenvalue weighted by atomic mass is 16.6. The van der Waals surface area contributed by atoms with Crippen molar-refractivity contribution in [3.05, 3.63) is 70.8 Å². The van der Waals surface area contributed by atoms with Gasteiger partial charge in [-0.3, -0.25) is 0 Å². The van der Waals surface area contributed by atoms with Gasteiger partial charge in [-0.05, 0) is 19.4 Å². The third-order valence-corrected chi connectivity index (χ3v) is 3.86. The summed E-state index contributed by atoms with van der Waals surface area (Å²) >= 11 is 0. The number of rotatable bonds is 6. The number of carbonyl (C=O) groups excluding carboxylic acids is 2. The molecule has 1 aliphatic rings. The molecule has 0 unspecified atom stereocenters. The number of carbonyl (C=O) groups is 2. The largest absolute Gasteiger partial charge is 0.459 e. The van der Waals surface area contributed by atoms with Crippen LogP contribution in [0.2, 0.25) is 0 Å². The van der Waals surface area contributed by atoms with Crippen LogP contribution in [0.1, 0.15) is 25.3 Å². The summed E-state index contributed by atoms with van der Waals surface area (Å²) in [6, 6.07) is 11.0. The van der Waals surface area contributed by atoms with Gasteiger partial charge in [-0.15, -0.1) is 0 Å². The lowest BCUT2D eigenvalue weighted by Crippen LogP contribution is -2.26. The van der Waals surface area contributed by atoms with Gasteiger partial charge in [-0.25, -0.2) is 9.59 Å². The summed E-state index contributed by atoms with van der Waals surface area (Å²) in [5, 5.41) is 9.50. The Morgan fingerprint density at radius 1 is 1.26 bits per heavy atom. The standard InChI is InChI=1S/C20H20N2O5/c1-12(2)19(23)25-9-10-26-20(24)16-13(3)27-18(22)15(11-21)17(16)14-7-5-4-6-8-14/h4-8,17H,1,9-10,22H2,2-3H3/t17-/m0/s1. The summed E-state index contributed by atoms with van der Waals surface area (Å²) in [5.41, 5.74) is 7.11. The van der Waals surface area contributed by atoms with Crippen LogP contribution in [0.15, 0.2) is 65.3 Å². The molecule has 0 fully saturated rings. The Hall–Kier alpha value is -3.53. The molecule has 0 saturated carbocycles. The molecule has 0 aliphatic carbocycles. The van der Waals surface area contributed by atoms with Gasteiger partial charge in [0.2, 0.25) is 5.88 Å². The first-order valence-corrected chi connectivity index (χ1v) is 8.19. The molecule has 0 radical (unpaired) electrons. The topological polar surface area (TPSA) is 112 Å². The van der Waals surface area contributed by atoms with Crippen LogP contribution in [0.4, 0.5) is 0 Å².